The lowest BCUT2D eigenvalue weighted by atomic mass is 10.0. The SMILES string of the molecule is CCc1nc(CC(=O)N2CCc3sccc3C2C)cs1. The Morgan fingerprint density at radius 2 is 2.35 bits per heavy atom. The maximum atomic E-state index is 12.5. The number of aromatic nitrogens is 1. The van der Waals surface area contributed by atoms with Gasteiger partial charge in [-0.05, 0) is 36.8 Å². The first kappa shape index (κ1) is 13.8. The van der Waals surface area contributed by atoms with Crippen molar-refractivity contribution in [3.8, 4) is 0 Å². The molecule has 0 spiro atoms. The van der Waals surface area contributed by atoms with Gasteiger partial charge in [-0.1, -0.05) is 6.92 Å². The van der Waals surface area contributed by atoms with Crippen LogP contribution in [0.3, 0.4) is 0 Å². The number of fused-ring (bicyclic) bond motifs is 1. The second-order valence-electron chi connectivity index (χ2n) is 5.08. The number of nitrogens with zero attached hydrogens (tertiary/aromatic N) is 2. The highest BCUT2D eigenvalue weighted by Crippen LogP contribution is 2.33. The topological polar surface area (TPSA) is 33.2 Å². The van der Waals surface area contributed by atoms with Crippen LogP contribution in [0.25, 0.3) is 0 Å². The molecular formula is C15H18N2OS2. The molecule has 1 aliphatic rings. The summed E-state index contributed by atoms with van der Waals surface area (Å²) < 4.78 is 0. The minimum atomic E-state index is 0.196. The molecule has 1 aliphatic heterocycles. The third-order valence-electron chi connectivity index (χ3n) is 3.83. The lowest BCUT2D eigenvalue weighted by Gasteiger charge is -2.33. The van der Waals surface area contributed by atoms with Crippen LogP contribution >= 0.6 is 22.7 Å². The molecule has 0 fully saturated rings. The number of carbonyl (C=O) groups excluding carboxylic acids is 1. The van der Waals surface area contributed by atoms with E-state index < -0.39 is 0 Å². The Morgan fingerprint density at radius 3 is 3.10 bits per heavy atom. The van der Waals surface area contributed by atoms with Crippen LogP contribution in [-0.4, -0.2) is 22.3 Å². The van der Waals surface area contributed by atoms with Gasteiger partial charge >= 0.3 is 0 Å². The molecule has 1 atom stereocenters. The number of thiophene rings is 1. The molecule has 5 heteroatoms. The molecule has 0 N–H and O–H groups in total. The second kappa shape index (κ2) is 5.66. The quantitative estimate of drug-likeness (QED) is 0.870. The molecule has 0 radical (unpaired) electrons. The molecule has 106 valence electrons. The molecule has 2 aromatic heterocycles. The predicted octanol–water partition coefficient (Wildman–Crippen LogP) is 3.46. The van der Waals surface area contributed by atoms with E-state index in [-0.39, 0.29) is 11.9 Å². The second-order valence-corrected chi connectivity index (χ2v) is 7.02. The molecule has 3 nitrogen and oxygen atoms in total. The van der Waals surface area contributed by atoms with E-state index in [1.165, 1.54) is 10.4 Å². The van der Waals surface area contributed by atoms with Crippen LogP contribution in [0, 0.1) is 0 Å². The number of hydrogen-bond acceptors (Lipinski definition) is 4. The molecule has 2 aromatic rings. The fraction of sp³-hybridized carbons (Fsp3) is 0.467. The van der Waals surface area contributed by atoms with Gasteiger partial charge in [-0.25, -0.2) is 4.98 Å². The third kappa shape index (κ3) is 2.52. The van der Waals surface area contributed by atoms with Crippen LogP contribution in [0.15, 0.2) is 16.8 Å². The van der Waals surface area contributed by atoms with Crippen LogP contribution in [0.2, 0.25) is 0 Å². The summed E-state index contributed by atoms with van der Waals surface area (Å²) in [5.74, 6) is 0.197. The van der Waals surface area contributed by atoms with Gasteiger partial charge in [0.15, 0.2) is 0 Å². The highest BCUT2D eigenvalue weighted by Gasteiger charge is 2.28. The molecule has 0 bridgehead atoms. The Morgan fingerprint density at radius 1 is 1.50 bits per heavy atom. The fourth-order valence-electron chi connectivity index (χ4n) is 2.70. The van der Waals surface area contributed by atoms with Crippen molar-refractivity contribution in [1.29, 1.82) is 0 Å². The standard InChI is InChI=1S/C15H18N2OS2/c1-3-14-16-11(9-20-14)8-15(18)17-6-4-13-12(10(17)2)5-7-19-13/h5,7,9-10H,3-4,6,8H2,1-2H3. The molecule has 20 heavy (non-hydrogen) atoms. The lowest BCUT2D eigenvalue weighted by Crippen LogP contribution is -2.39. The van der Waals surface area contributed by atoms with Gasteiger partial charge in [0, 0.05) is 16.8 Å². The van der Waals surface area contributed by atoms with Gasteiger partial charge in [0.1, 0.15) is 0 Å². The average molecular weight is 306 g/mol. The lowest BCUT2D eigenvalue weighted by molar-refractivity contribution is -0.133. The van der Waals surface area contributed by atoms with E-state index in [4.69, 9.17) is 0 Å². The number of rotatable bonds is 3. The summed E-state index contributed by atoms with van der Waals surface area (Å²) in [4.78, 5) is 20.4. The molecular weight excluding hydrogens is 288 g/mol. The van der Waals surface area contributed by atoms with Crippen molar-refractivity contribution in [1.82, 2.24) is 9.88 Å². The van der Waals surface area contributed by atoms with Gasteiger partial charge in [0.05, 0.1) is 23.2 Å². The normalized spacial score (nSPS) is 18.1. The van der Waals surface area contributed by atoms with Crippen molar-refractivity contribution < 1.29 is 4.79 Å². The zero-order valence-corrected chi connectivity index (χ0v) is 13.4. The van der Waals surface area contributed by atoms with Gasteiger partial charge in [0.25, 0.3) is 0 Å². The van der Waals surface area contributed by atoms with E-state index >= 15 is 0 Å². The predicted molar refractivity (Wildman–Crippen MR) is 83.3 cm³/mol. The van der Waals surface area contributed by atoms with Crippen LogP contribution in [-0.2, 0) is 24.1 Å². The molecule has 0 saturated carbocycles. The molecule has 1 unspecified atom stereocenters. The smallest absolute Gasteiger partial charge is 0.229 e. The first-order valence-corrected chi connectivity index (χ1v) is 8.74. The van der Waals surface area contributed by atoms with Gasteiger partial charge < -0.3 is 4.90 Å². The molecule has 3 heterocycles. The van der Waals surface area contributed by atoms with E-state index in [9.17, 15) is 4.79 Å². The van der Waals surface area contributed by atoms with E-state index in [0.29, 0.717) is 6.42 Å². The van der Waals surface area contributed by atoms with E-state index in [2.05, 4.69) is 30.3 Å². The summed E-state index contributed by atoms with van der Waals surface area (Å²) >= 11 is 3.45. The maximum absolute atomic E-state index is 12.5. The molecule has 0 saturated heterocycles. The minimum absolute atomic E-state index is 0.196. The largest absolute Gasteiger partial charge is 0.335 e. The number of carbonyl (C=O) groups is 1. The summed E-state index contributed by atoms with van der Waals surface area (Å²) in [6, 6.07) is 2.35. The van der Waals surface area contributed by atoms with Crippen LogP contribution in [0.1, 0.15) is 41.0 Å². The van der Waals surface area contributed by atoms with Crippen molar-refractivity contribution in [2.45, 2.75) is 39.2 Å². The summed E-state index contributed by atoms with van der Waals surface area (Å²) in [5, 5.41) is 5.25. The highest BCUT2D eigenvalue weighted by molar-refractivity contribution is 7.10. The average Bonchev–Trinajstić information content (AvgIpc) is 3.07. The van der Waals surface area contributed by atoms with Crippen molar-refractivity contribution >= 4 is 28.6 Å². The Kier molecular flexibility index (Phi) is 3.89. The summed E-state index contributed by atoms with van der Waals surface area (Å²) in [5.41, 5.74) is 2.24. The van der Waals surface area contributed by atoms with Crippen molar-refractivity contribution in [2.24, 2.45) is 0 Å². The van der Waals surface area contributed by atoms with Crippen LogP contribution in [0.5, 0.6) is 0 Å². The number of amides is 1. The first-order chi connectivity index (χ1) is 9.69. The van der Waals surface area contributed by atoms with Crippen LogP contribution < -0.4 is 0 Å². The van der Waals surface area contributed by atoms with Crippen molar-refractivity contribution in [3.05, 3.63) is 38.0 Å². The molecule has 3 rings (SSSR count). The summed E-state index contributed by atoms with van der Waals surface area (Å²) in [6.45, 7) is 5.05. The molecule has 1 amide bonds. The van der Waals surface area contributed by atoms with E-state index in [0.717, 1.165) is 30.1 Å². The Hall–Kier alpha value is -1.20. The number of aryl methyl sites for hydroxylation is 1. The molecule has 0 aromatic carbocycles. The van der Waals surface area contributed by atoms with Gasteiger partial charge in [-0.2, -0.15) is 0 Å². The summed E-state index contributed by atoms with van der Waals surface area (Å²) in [7, 11) is 0. The van der Waals surface area contributed by atoms with Gasteiger partial charge in [-0.15, -0.1) is 22.7 Å². The Bertz CT molecular complexity index is 617. The van der Waals surface area contributed by atoms with Gasteiger partial charge in [-0.3, -0.25) is 4.79 Å². The van der Waals surface area contributed by atoms with Crippen molar-refractivity contribution in [2.75, 3.05) is 6.54 Å². The monoisotopic (exact) mass is 306 g/mol. The number of hydrogen-bond donors (Lipinski definition) is 0. The Labute approximate surface area is 127 Å². The van der Waals surface area contributed by atoms with Gasteiger partial charge in [0.2, 0.25) is 5.91 Å². The third-order valence-corrected chi connectivity index (χ3v) is 5.87. The Balaban J connectivity index is 1.72. The zero-order valence-electron chi connectivity index (χ0n) is 11.8. The minimum Gasteiger partial charge on any atom is -0.335 e. The van der Waals surface area contributed by atoms with E-state index in [1.807, 2.05) is 10.3 Å². The van der Waals surface area contributed by atoms with Crippen LogP contribution in [0.4, 0.5) is 0 Å². The van der Waals surface area contributed by atoms with E-state index in [1.54, 1.807) is 22.7 Å². The molecule has 0 aliphatic carbocycles. The first-order valence-electron chi connectivity index (χ1n) is 6.98. The zero-order chi connectivity index (χ0) is 14.1. The maximum Gasteiger partial charge on any atom is 0.229 e. The highest BCUT2D eigenvalue weighted by atomic mass is 32.1. The number of thiazole rings is 1. The summed E-state index contributed by atoms with van der Waals surface area (Å²) in [6.07, 6.45) is 2.36. The fourth-order valence-corrected chi connectivity index (χ4v) is 4.41. The van der Waals surface area contributed by atoms with Crippen molar-refractivity contribution in [3.63, 3.8) is 0 Å².